The Morgan fingerprint density at radius 2 is 1.67 bits per heavy atom. The van der Waals surface area contributed by atoms with E-state index in [1.54, 1.807) is 0 Å². The van der Waals surface area contributed by atoms with Gasteiger partial charge in [0.15, 0.2) is 0 Å². The van der Waals surface area contributed by atoms with E-state index in [-0.39, 0.29) is 24.3 Å². The number of amides is 2. The van der Waals surface area contributed by atoms with Gasteiger partial charge >= 0.3 is 0 Å². The molecule has 0 unspecified atom stereocenters. The summed E-state index contributed by atoms with van der Waals surface area (Å²) in [6, 6.07) is 14.1. The smallest absolute Gasteiger partial charge is 0.242 e. The molecular weight excluding hydrogens is 412 g/mol. The number of benzene rings is 2. The second-order valence-electron chi connectivity index (χ2n) is 9.49. The lowest BCUT2D eigenvalue weighted by Gasteiger charge is -2.23. The van der Waals surface area contributed by atoms with Crippen LogP contribution in [-0.4, -0.2) is 45.9 Å². The van der Waals surface area contributed by atoms with Crippen molar-refractivity contribution in [3.8, 4) is 0 Å². The largest absolute Gasteiger partial charge is 0.341 e. The molecule has 6 nitrogen and oxygen atoms in total. The molecule has 2 aromatic carbocycles. The van der Waals surface area contributed by atoms with E-state index in [0.29, 0.717) is 13.0 Å². The maximum Gasteiger partial charge on any atom is 0.242 e. The second-order valence-corrected chi connectivity index (χ2v) is 9.49. The first-order valence-corrected chi connectivity index (χ1v) is 12.1. The highest BCUT2D eigenvalue weighted by Crippen LogP contribution is 2.36. The highest BCUT2D eigenvalue weighted by atomic mass is 16.2. The Morgan fingerprint density at radius 1 is 0.970 bits per heavy atom. The number of likely N-dealkylation sites (tertiary alicyclic amines) is 1. The average molecular weight is 445 g/mol. The summed E-state index contributed by atoms with van der Waals surface area (Å²) < 4.78 is 2.06. The minimum Gasteiger partial charge on any atom is -0.341 e. The molecule has 3 heterocycles. The zero-order valence-electron chi connectivity index (χ0n) is 19.6. The van der Waals surface area contributed by atoms with E-state index in [1.165, 1.54) is 12.8 Å². The van der Waals surface area contributed by atoms with Crippen LogP contribution in [-0.2, 0) is 16.1 Å². The van der Waals surface area contributed by atoms with Crippen molar-refractivity contribution in [3.05, 3.63) is 59.4 Å². The zero-order chi connectivity index (χ0) is 22.9. The standard InChI is InChI=1S/C27H32N4O2/c1-19-10-9-11-20(2)26(19)31-17-21(16-24(31)32)27-28-22-12-5-6-13-23(22)30(27)18-25(33)29-14-7-3-4-8-15-29/h5-6,9-13,21H,3-4,7-8,14-18H2,1-2H3/t21-/m0/s1. The number of hydrogen-bond acceptors (Lipinski definition) is 3. The number of fused-ring (bicyclic) bond motifs is 1. The molecule has 0 radical (unpaired) electrons. The van der Waals surface area contributed by atoms with Crippen LogP contribution in [0.5, 0.6) is 0 Å². The van der Waals surface area contributed by atoms with E-state index in [2.05, 4.69) is 30.5 Å². The average Bonchev–Trinajstić information content (AvgIpc) is 3.21. The van der Waals surface area contributed by atoms with E-state index in [0.717, 1.165) is 59.6 Å². The van der Waals surface area contributed by atoms with Crippen LogP contribution in [0.15, 0.2) is 42.5 Å². The Hall–Kier alpha value is -3.15. The van der Waals surface area contributed by atoms with Crippen molar-refractivity contribution < 1.29 is 9.59 Å². The van der Waals surface area contributed by atoms with E-state index >= 15 is 0 Å². The summed E-state index contributed by atoms with van der Waals surface area (Å²) in [7, 11) is 0. The van der Waals surface area contributed by atoms with Crippen molar-refractivity contribution >= 4 is 28.5 Å². The highest BCUT2D eigenvalue weighted by molar-refractivity contribution is 5.98. The van der Waals surface area contributed by atoms with Crippen molar-refractivity contribution in [2.24, 2.45) is 0 Å². The van der Waals surface area contributed by atoms with Gasteiger partial charge in [-0.25, -0.2) is 4.98 Å². The quantitative estimate of drug-likeness (QED) is 0.592. The van der Waals surface area contributed by atoms with Crippen LogP contribution in [0.1, 0.15) is 55.0 Å². The molecule has 172 valence electrons. The van der Waals surface area contributed by atoms with Gasteiger partial charge in [-0.05, 0) is 49.9 Å². The van der Waals surface area contributed by atoms with E-state index in [9.17, 15) is 9.59 Å². The fourth-order valence-corrected chi connectivity index (χ4v) is 5.46. The van der Waals surface area contributed by atoms with Gasteiger partial charge in [-0.1, -0.05) is 43.2 Å². The lowest BCUT2D eigenvalue weighted by atomic mass is 10.1. The van der Waals surface area contributed by atoms with Crippen molar-refractivity contribution in [1.82, 2.24) is 14.5 Å². The number of carbonyl (C=O) groups excluding carboxylic acids is 2. The normalized spacial score (nSPS) is 19.3. The number of imidazole rings is 1. The molecule has 1 aromatic heterocycles. The number of para-hydroxylation sites is 3. The van der Waals surface area contributed by atoms with Gasteiger partial charge in [-0.3, -0.25) is 9.59 Å². The van der Waals surface area contributed by atoms with Crippen molar-refractivity contribution in [2.45, 2.75) is 58.4 Å². The number of hydrogen-bond donors (Lipinski definition) is 0. The third-order valence-corrected chi connectivity index (χ3v) is 7.14. The Morgan fingerprint density at radius 3 is 2.39 bits per heavy atom. The minimum atomic E-state index is -0.0409. The number of aryl methyl sites for hydroxylation is 2. The summed E-state index contributed by atoms with van der Waals surface area (Å²) >= 11 is 0. The number of nitrogens with zero attached hydrogens (tertiary/aromatic N) is 4. The predicted molar refractivity (Wildman–Crippen MR) is 130 cm³/mol. The first-order chi connectivity index (χ1) is 16.0. The van der Waals surface area contributed by atoms with E-state index in [1.807, 2.05) is 40.1 Å². The molecule has 2 fully saturated rings. The van der Waals surface area contributed by atoms with Gasteiger partial charge in [-0.2, -0.15) is 0 Å². The number of carbonyl (C=O) groups is 2. The van der Waals surface area contributed by atoms with Crippen molar-refractivity contribution in [3.63, 3.8) is 0 Å². The molecular formula is C27H32N4O2. The summed E-state index contributed by atoms with van der Waals surface area (Å²) in [5.41, 5.74) is 5.07. The van der Waals surface area contributed by atoms with Gasteiger partial charge in [-0.15, -0.1) is 0 Å². The topological polar surface area (TPSA) is 58.4 Å². The van der Waals surface area contributed by atoms with Gasteiger partial charge in [0.25, 0.3) is 0 Å². The first kappa shape index (κ1) is 21.7. The highest BCUT2D eigenvalue weighted by Gasteiger charge is 2.36. The minimum absolute atomic E-state index is 0.0409. The van der Waals surface area contributed by atoms with Gasteiger partial charge in [0.2, 0.25) is 11.8 Å². The molecule has 1 atom stereocenters. The Balaban J connectivity index is 1.47. The SMILES string of the molecule is Cc1cccc(C)c1N1C[C@@H](c2nc3ccccc3n2CC(=O)N2CCCCCC2)CC1=O. The van der Waals surface area contributed by atoms with Crippen LogP contribution in [0.3, 0.4) is 0 Å². The van der Waals surface area contributed by atoms with Gasteiger partial charge < -0.3 is 14.4 Å². The monoisotopic (exact) mass is 444 g/mol. The molecule has 5 rings (SSSR count). The van der Waals surface area contributed by atoms with Crippen LogP contribution in [0.2, 0.25) is 0 Å². The van der Waals surface area contributed by atoms with E-state index < -0.39 is 0 Å². The van der Waals surface area contributed by atoms with Crippen LogP contribution < -0.4 is 4.90 Å². The van der Waals surface area contributed by atoms with Gasteiger partial charge in [0, 0.05) is 37.7 Å². The third kappa shape index (κ3) is 4.14. The summed E-state index contributed by atoms with van der Waals surface area (Å²) in [5, 5.41) is 0. The Kier molecular flexibility index (Phi) is 5.92. The van der Waals surface area contributed by atoms with Gasteiger partial charge in [0.05, 0.1) is 11.0 Å². The molecule has 0 bridgehead atoms. The van der Waals surface area contributed by atoms with Gasteiger partial charge in [0.1, 0.15) is 12.4 Å². The molecule has 3 aromatic rings. The fraction of sp³-hybridized carbons (Fsp3) is 0.444. The van der Waals surface area contributed by atoms with E-state index in [4.69, 9.17) is 4.98 Å². The first-order valence-electron chi connectivity index (χ1n) is 12.1. The molecule has 2 aliphatic rings. The van der Waals surface area contributed by atoms with Crippen LogP contribution >= 0.6 is 0 Å². The van der Waals surface area contributed by atoms with Crippen LogP contribution in [0.25, 0.3) is 11.0 Å². The maximum atomic E-state index is 13.3. The molecule has 0 aliphatic carbocycles. The summed E-state index contributed by atoms with van der Waals surface area (Å²) in [6.07, 6.45) is 4.95. The zero-order valence-corrected chi connectivity index (χ0v) is 19.6. The molecule has 33 heavy (non-hydrogen) atoms. The maximum absolute atomic E-state index is 13.3. The second kappa shape index (κ2) is 9.00. The Bertz CT molecular complexity index is 1170. The third-order valence-electron chi connectivity index (χ3n) is 7.14. The number of rotatable bonds is 4. The fourth-order valence-electron chi connectivity index (χ4n) is 5.46. The lowest BCUT2D eigenvalue weighted by Crippen LogP contribution is -2.35. The molecule has 0 spiro atoms. The van der Waals surface area contributed by atoms with Crippen molar-refractivity contribution in [1.29, 1.82) is 0 Å². The Labute approximate surface area is 195 Å². The molecule has 2 saturated heterocycles. The predicted octanol–water partition coefficient (Wildman–Crippen LogP) is 4.58. The summed E-state index contributed by atoms with van der Waals surface area (Å²) in [4.78, 5) is 35.2. The number of anilines is 1. The van der Waals surface area contributed by atoms with Crippen molar-refractivity contribution in [2.75, 3.05) is 24.5 Å². The summed E-state index contributed by atoms with van der Waals surface area (Å²) in [6.45, 7) is 6.65. The molecule has 2 amide bonds. The lowest BCUT2D eigenvalue weighted by molar-refractivity contribution is -0.131. The molecule has 0 N–H and O–H groups in total. The molecule has 6 heteroatoms. The number of aromatic nitrogens is 2. The molecule has 2 aliphatic heterocycles. The molecule has 0 saturated carbocycles. The summed E-state index contributed by atoms with van der Waals surface area (Å²) in [5.74, 6) is 1.08. The van der Waals surface area contributed by atoms with Crippen LogP contribution in [0, 0.1) is 13.8 Å². The van der Waals surface area contributed by atoms with Crippen LogP contribution in [0.4, 0.5) is 5.69 Å².